The van der Waals surface area contributed by atoms with Crippen molar-refractivity contribution in [2.45, 2.75) is 33.7 Å². The molecule has 2 amide bonds. The maximum absolute atomic E-state index is 12.4. The molecular formula is C16H24N2O4. The van der Waals surface area contributed by atoms with Crippen LogP contribution < -0.4 is 20.1 Å². The van der Waals surface area contributed by atoms with Gasteiger partial charge in [-0.15, -0.1) is 0 Å². The molecule has 0 saturated carbocycles. The Hall–Kier alpha value is -2.24. The van der Waals surface area contributed by atoms with Gasteiger partial charge in [0.1, 0.15) is 6.04 Å². The van der Waals surface area contributed by atoms with E-state index in [2.05, 4.69) is 10.6 Å². The first-order valence-electron chi connectivity index (χ1n) is 7.10. The van der Waals surface area contributed by atoms with E-state index in [1.165, 1.54) is 14.0 Å². The molecule has 0 radical (unpaired) electrons. The Balaban J connectivity index is 3.02. The summed E-state index contributed by atoms with van der Waals surface area (Å²) < 4.78 is 10.5. The summed E-state index contributed by atoms with van der Waals surface area (Å²) in [5.74, 6) is 0.604. The molecule has 0 bridgehead atoms. The number of benzene rings is 1. The first kappa shape index (κ1) is 17.8. The summed E-state index contributed by atoms with van der Waals surface area (Å²) in [5.41, 5.74) is 1.47. The molecule has 1 aromatic rings. The lowest BCUT2D eigenvalue weighted by Crippen LogP contribution is -2.46. The van der Waals surface area contributed by atoms with Crippen LogP contribution >= 0.6 is 0 Å². The molecule has 6 heteroatoms. The van der Waals surface area contributed by atoms with Crippen LogP contribution in [0.25, 0.3) is 0 Å². The Labute approximate surface area is 131 Å². The van der Waals surface area contributed by atoms with Crippen LogP contribution in [0.3, 0.4) is 0 Å². The zero-order chi connectivity index (χ0) is 16.9. The second kappa shape index (κ2) is 7.68. The summed E-state index contributed by atoms with van der Waals surface area (Å²) in [5, 5.41) is 5.50. The van der Waals surface area contributed by atoms with Crippen molar-refractivity contribution in [3.05, 3.63) is 17.7 Å². The van der Waals surface area contributed by atoms with Gasteiger partial charge in [0.25, 0.3) is 0 Å². The number of methoxy groups -OCH3 is 2. The molecule has 22 heavy (non-hydrogen) atoms. The highest BCUT2D eigenvalue weighted by Gasteiger charge is 2.23. The molecule has 2 N–H and O–H groups in total. The third-order valence-electron chi connectivity index (χ3n) is 3.30. The summed E-state index contributed by atoms with van der Waals surface area (Å²) in [6.07, 6.45) is 0. The Kier molecular flexibility index (Phi) is 6.22. The fourth-order valence-electron chi connectivity index (χ4n) is 2.08. The fraction of sp³-hybridized carbons (Fsp3) is 0.500. The van der Waals surface area contributed by atoms with Gasteiger partial charge in [0.2, 0.25) is 11.8 Å². The lowest BCUT2D eigenvalue weighted by Gasteiger charge is -2.22. The van der Waals surface area contributed by atoms with Crippen molar-refractivity contribution in [1.29, 1.82) is 0 Å². The van der Waals surface area contributed by atoms with Crippen LogP contribution in [-0.4, -0.2) is 32.1 Å². The number of hydrogen-bond donors (Lipinski definition) is 2. The van der Waals surface area contributed by atoms with Crippen LogP contribution in [0.1, 0.15) is 26.3 Å². The molecule has 122 valence electrons. The van der Waals surface area contributed by atoms with Crippen molar-refractivity contribution in [2.75, 3.05) is 19.5 Å². The van der Waals surface area contributed by atoms with Crippen LogP contribution in [0.4, 0.5) is 5.69 Å². The van der Waals surface area contributed by atoms with Crippen molar-refractivity contribution in [3.63, 3.8) is 0 Å². The first-order chi connectivity index (χ1) is 10.3. The van der Waals surface area contributed by atoms with Crippen LogP contribution in [0.2, 0.25) is 0 Å². The molecule has 6 nitrogen and oxygen atoms in total. The summed E-state index contributed by atoms with van der Waals surface area (Å²) in [6, 6.07) is 2.90. The molecule has 0 unspecified atom stereocenters. The molecule has 0 fully saturated rings. The zero-order valence-electron chi connectivity index (χ0n) is 13.9. The zero-order valence-corrected chi connectivity index (χ0v) is 13.9. The quantitative estimate of drug-likeness (QED) is 0.844. The highest BCUT2D eigenvalue weighted by Crippen LogP contribution is 2.33. The molecule has 0 aliphatic rings. The van der Waals surface area contributed by atoms with E-state index in [-0.39, 0.29) is 17.7 Å². The van der Waals surface area contributed by atoms with E-state index in [9.17, 15) is 9.59 Å². The van der Waals surface area contributed by atoms with Crippen molar-refractivity contribution < 1.29 is 19.1 Å². The predicted octanol–water partition coefficient (Wildman–Crippen LogP) is 2.11. The van der Waals surface area contributed by atoms with Gasteiger partial charge in [-0.05, 0) is 24.5 Å². The van der Waals surface area contributed by atoms with Crippen LogP contribution in [-0.2, 0) is 9.59 Å². The summed E-state index contributed by atoms with van der Waals surface area (Å²) in [7, 11) is 3.09. The number of aryl methyl sites for hydroxylation is 1. The van der Waals surface area contributed by atoms with Gasteiger partial charge < -0.3 is 20.1 Å². The van der Waals surface area contributed by atoms with Gasteiger partial charge in [0.05, 0.1) is 14.2 Å². The van der Waals surface area contributed by atoms with Gasteiger partial charge >= 0.3 is 0 Å². The molecule has 0 heterocycles. The van der Waals surface area contributed by atoms with E-state index in [4.69, 9.17) is 9.47 Å². The third-order valence-corrected chi connectivity index (χ3v) is 3.30. The minimum atomic E-state index is -0.593. The molecule has 0 aliphatic carbocycles. The number of ether oxygens (including phenoxy) is 2. The van der Waals surface area contributed by atoms with E-state index in [0.29, 0.717) is 17.2 Å². The van der Waals surface area contributed by atoms with Crippen molar-refractivity contribution in [3.8, 4) is 11.5 Å². The molecule has 0 saturated heterocycles. The molecule has 1 aromatic carbocycles. The fourth-order valence-corrected chi connectivity index (χ4v) is 2.08. The maximum Gasteiger partial charge on any atom is 0.247 e. The van der Waals surface area contributed by atoms with Gasteiger partial charge in [-0.3, -0.25) is 9.59 Å². The minimum Gasteiger partial charge on any atom is -0.493 e. The van der Waals surface area contributed by atoms with Gasteiger partial charge in [0, 0.05) is 18.7 Å². The normalized spacial score (nSPS) is 11.8. The number of carbonyl (C=O) groups is 2. The average molecular weight is 308 g/mol. The number of amides is 2. The lowest BCUT2D eigenvalue weighted by atomic mass is 10.0. The Morgan fingerprint density at radius 1 is 1.09 bits per heavy atom. The number of anilines is 1. The van der Waals surface area contributed by atoms with E-state index in [0.717, 1.165) is 5.56 Å². The number of hydrogen-bond acceptors (Lipinski definition) is 4. The van der Waals surface area contributed by atoms with Gasteiger partial charge in [-0.1, -0.05) is 13.8 Å². The minimum absolute atomic E-state index is 0.0237. The van der Waals surface area contributed by atoms with E-state index in [1.807, 2.05) is 20.8 Å². The molecule has 0 aliphatic heterocycles. The van der Waals surface area contributed by atoms with E-state index in [1.54, 1.807) is 19.2 Å². The first-order valence-corrected chi connectivity index (χ1v) is 7.10. The van der Waals surface area contributed by atoms with Gasteiger partial charge in [0.15, 0.2) is 11.5 Å². The number of rotatable bonds is 6. The van der Waals surface area contributed by atoms with Crippen LogP contribution in [0, 0.1) is 12.8 Å². The standard InChI is InChI=1S/C16H24N2O4/c1-9(2)15(17-11(4)19)16(20)18-12-8-14(22-6)13(21-5)7-10(12)3/h7-9,15H,1-6H3,(H,17,19)(H,18,20)/t15-/m0/s1. The summed E-state index contributed by atoms with van der Waals surface area (Å²) >= 11 is 0. The third kappa shape index (κ3) is 4.38. The average Bonchev–Trinajstić information content (AvgIpc) is 2.45. The molecule has 0 spiro atoms. The number of carbonyl (C=O) groups excluding carboxylic acids is 2. The Bertz CT molecular complexity index is 555. The largest absolute Gasteiger partial charge is 0.493 e. The van der Waals surface area contributed by atoms with E-state index < -0.39 is 6.04 Å². The Morgan fingerprint density at radius 3 is 2.09 bits per heavy atom. The van der Waals surface area contributed by atoms with Crippen molar-refractivity contribution >= 4 is 17.5 Å². The topological polar surface area (TPSA) is 76.7 Å². The number of nitrogens with one attached hydrogen (secondary N) is 2. The molecule has 1 atom stereocenters. The second-order valence-electron chi connectivity index (χ2n) is 5.43. The molecular weight excluding hydrogens is 284 g/mol. The van der Waals surface area contributed by atoms with E-state index >= 15 is 0 Å². The monoisotopic (exact) mass is 308 g/mol. The second-order valence-corrected chi connectivity index (χ2v) is 5.43. The van der Waals surface area contributed by atoms with Gasteiger partial charge in [-0.25, -0.2) is 0 Å². The van der Waals surface area contributed by atoms with Crippen LogP contribution in [0.5, 0.6) is 11.5 Å². The van der Waals surface area contributed by atoms with Crippen molar-refractivity contribution in [1.82, 2.24) is 5.32 Å². The Morgan fingerprint density at radius 2 is 1.64 bits per heavy atom. The van der Waals surface area contributed by atoms with Gasteiger partial charge in [-0.2, -0.15) is 0 Å². The predicted molar refractivity (Wildman–Crippen MR) is 85.4 cm³/mol. The highest BCUT2D eigenvalue weighted by atomic mass is 16.5. The SMILES string of the molecule is COc1cc(C)c(NC(=O)[C@@H](NC(C)=O)C(C)C)cc1OC. The highest BCUT2D eigenvalue weighted by molar-refractivity contribution is 5.98. The molecule has 0 aromatic heterocycles. The van der Waals surface area contributed by atoms with Crippen LogP contribution in [0.15, 0.2) is 12.1 Å². The summed E-state index contributed by atoms with van der Waals surface area (Å²) in [6.45, 7) is 7.01. The lowest BCUT2D eigenvalue weighted by molar-refractivity contribution is -0.126. The smallest absolute Gasteiger partial charge is 0.247 e. The summed E-state index contributed by atoms with van der Waals surface area (Å²) in [4.78, 5) is 23.6. The molecule has 1 rings (SSSR count). The maximum atomic E-state index is 12.4. The van der Waals surface area contributed by atoms with Crippen molar-refractivity contribution in [2.24, 2.45) is 5.92 Å².